The number of ether oxygens (including phenoxy) is 2. The average molecular weight is 374 g/mol. The van der Waals surface area contributed by atoms with Crippen LogP contribution in [0.4, 0.5) is 0 Å². The topological polar surface area (TPSA) is 146 Å². The zero-order valence-corrected chi connectivity index (χ0v) is 14.5. The van der Waals surface area contributed by atoms with Gasteiger partial charge in [-0.2, -0.15) is 0 Å². The first-order chi connectivity index (χ1) is 10.5. The quantitative estimate of drug-likeness (QED) is 0.275. The molecule has 23 heavy (non-hydrogen) atoms. The molecule has 136 valence electrons. The van der Waals surface area contributed by atoms with E-state index >= 15 is 0 Å². The van der Waals surface area contributed by atoms with Gasteiger partial charge in [-0.05, 0) is 13.8 Å². The van der Waals surface area contributed by atoms with Gasteiger partial charge in [0.05, 0.1) is 13.2 Å². The minimum atomic E-state index is -4.92. The van der Waals surface area contributed by atoms with E-state index in [1.807, 2.05) is 0 Å². The molecule has 6 atom stereocenters. The Morgan fingerprint density at radius 2 is 2.04 bits per heavy atom. The summed E-state index contributed by atoms with van der Waals surface area (Å²) in [5, 5.41) is 28.5. The Hall–Kier alpha value is 0.0200. The summed E-state index contributed by atoms with van der Waals surface area (Å²) < 4.78 is 48.1. The monoisotopic (exact) mass is 374 g/mol. The third-order valence-corrected chi connectivity index (χ3v) is 7.13. The van der Waals surface area contributed by atoms with Gasteiger partial charge in [-0.25, -0.2) is 8.42 Å². The molecule has 2 aliphatic heterocycles. The number of hydrogen-bond donors (Lipinski definition) is 3. The van der Waals surface area contributed by atoms with Gasteiger partial charge in [0.25, 0.3) is 0 Å². The first-order valence-electron chi connectivity index (χ1n) is 7.11. The normalized spacial score (nSPS) is 41.1. The molecule has 2 heterocycles. The van der Waals surface area contributed by atoms with Crippen molar-refractivity contribution in [2.24, 2.45) is 0 Å². The molecule has 0 aliphatic carbocycles. The molecule has 2 saturated heterocycles. The smallest absolute Gasteiger partial charge is 0.218 e. The third-order valence-electron chi connectivity index (χ3n) is 3.83. The molecule has 0 spiro atoms. The van der Waals surface area contributed by atoms with E-state index in [0.717, 1.165) is 0 Å². The van der Waals surface area contributed by atoms with E-state index in [4.69, 9.17) is 9.47 Å². The van der Waals surface area contributed by atoms with Gasteiger partial charge in [0.2, 0.25) is 10.4 Å². The highest BCUT2D eigenvalue weighted by Gasteiger charge is 2.52. The summed E-state index contributed by atoms with van der Waals surface area (Å²) in [6.45, 7) is 2.85. The number of hydrogen-bond acceptors (Lipinski definition) is 9. The zero-order chi connectivity index (χ0) is 17.4. The van der Waals surface area contributed by atoms with Crippen molar-refractivity contribution in [3.8, 4) is 0 Å². The van der Waals surface area contributed by atoms with Crippen LogP contribution < -0.4 is 0 Å². The predicted molar refractivity (Wildman–Crippen MR) is 79.5 cm³/mol. The number of rotatable bonds is 5. The van der Waals surface area contributed by atoms with Gasteiger partial charge in [-0.15, -0.1) is 0 Å². The van der Waals surface area contributed by atoms with E-state index in [-0.39, 0.29) is 24.7 Å². The van der Waals surface area contributed by atoms with Gasteiger partial charge in [0.15, 0.2) is 11.0 Å². The van der Waals surface area contributed by atoms with Gasteiger partial charge >= 0.3 is 0 Å². The zero-order valence-electron chi connectivity index (χ0n) is 12.8. The van der Waals surface area contributed by atoms with Crippen LogP contribution in [0.3, 0.4) is 0 Å². The molecule has 1 unspecified atom stereocenters. The van der Waals surface area contributed by atoms with E-state index in [0.29, 0.717) is 0 Å². The lowest BCUT2D eigenvalue weighted by molar-refractivity contribution is -0.294. The highest BCUT2D eigenvalue weighted by atomic mass is 32.3. The summed E-state index contributed by atoms with van der Waals surface area (Å²) in [6, 6.07) is 0. The third kappa shape index (κ3) is 5.00. The molecule has 0 radical (unpaired) electrons. The van der Waals surface area contributed by atoms with Gasteiger partial charge in [0, 0.05) is 10.9 Å². The second kappa shape index (κ2) is 7.10. The van der Waals surface area contributed by atoms with Gasteiger partial charge in [0.1, 0.15) is 35.9 Å². The Labute approximate surface area is 137 Å². The maximum Gasteiger partial charge on any atom is 0.218 e. The minimum Gasteiger partial charge on any atom is -0.726 e. The molecule has 9 nitrogen and oxygen atoms in total. The molecular weight excluding hydrogens is 352 g/mol. The van der Waals surface area contributed by atoms with Crippen molar-refractivity contribution in [2.45, 2.75) is 49.3 Å². The molecule has 0 bridgehead atoms. The second-order valence-corrected chi connectivity index (χ2v) is 9.42. The van der Waals surface area contributed by atoms with Gasteiger partial charge < -0.3 is 29.3 Å². The lowest BCUT2D eigenvalue weighted by Crippen LogP contribution is -2.53. The van der Waals surface area contributed by atoms with Gasteiger partial charge in [-0.1, -0.05) is 0 Å². The van der Waals surface area contributed by atoms with Crippen LogP contribution >= 0.6 is 0 Å². The Kier molecular flexibility index (Phi) is 5.97. The summed E-state index contributed by atoms with van der Waals surface area (Å²) in [5.74, 6) is -0.469. The van der Waals surface area contributed by atoms with Crippen LogP contribution in [-0.2, 0) is 35.0 Å². The second-order valence-electron chi connectivity index (χ2n) is 6.06. The largest absolute Gasteiger partial charge is 0.726 e. The summed E-state index contributed by atoms with van der Waals surface area (Å²) in [4.78, 5) is 0. The Bertz CT molecular complexity index is 509. The van der Waals surface area contributed by atoms with Crippen molar-refractivity contribution < 1.29 is 41.9 Å². The van der Waals surface area contributed by atoms with Crippen molar-refractivity contribution in [3.63, 3.8) is 0 Å². The van der Waals surface area contributed by atoms with Crippen LogP contribution in [0.1, 0.15) is 13.8 Å². The highest BCUT2D eigenvalue weighted by molar-refractivity contribution is 7.97. The molecule has 2 fully saturated rings. The number of aliphatic hydroxyl groups is 3. The van der Waals surface area contributed by atoms with E-state index < -0.39 is 56.7 Å². The van der Waals surface area contributed by atoms with E-state index in [2.05, 4.69) is 4.18 Å². The highest BCUT2D eigenvalue weighted by Crippen LogP contribution is 2.30. The minimum absolute atomic E-state index is 0.134. The van der Waals surface area contributed by atoms with Crippen molar-refractivity contribution in [1.82, 2.24) is 0 Å². The van der Waals surface area contributed by atoms with Gasteiger partial charge in [-0.3, -0.25) is 4.18 Å². The van der Waals surface area contributed by atoms with Crippen LogP contribution in [0.5, 0.6) is 0 Å². The molecule has 11 heteroatoms. The first kappa shape index (κ1) is 19.3. The van der Waals surface area contributed by atoms with Crippen molar-refractivity contribution in [1.29, 1.82) is 0 Å². The Morgan fingerprint density at radius 3 is 2.61 bits per heavy atom. The first-order valence-corrected chi connectivity index (χ1v) is 10.1. The fourth-order valence-electron chi connectivity index (χ4n) is 2.75. The van der Waals surface area contributed by atoms with Crippen LogP contribution in [-0.4, -0.2) is 88.5 Å². The van der Waals surface area contributed by atoms with Crippen LogP contribution in [0, 0.1) is 0 Å². The Balaban J connectivity index is 2.12. The van der Waals surface area contributed by atoms with Crippen molar-refractivity contribution in [2.75, 3.05) is 24.7 Å². The molecule has 0 amide bonds. The average Bonchev–Trinajstić information content (AvgIpc) is 2.66. The molecule has 0 aromatic heterocycles. The maximum absolute atomic E-state index is 10.9. The lowest BCUT2D eigenvalue weighted by atomic mass is 10.2. The SMILES string of the molecule is CC1(C)OC[C@H](OS(=O)(=O)[O-])[C@@H](C[S+]2C[C@@H](O)[C@H](O)[C@H]2CO)O1. The standard InChI is InChI=1S/C12H22O9S2/c1-12(2)19-4-8(21-23(16,17)18)9(20-12)6-22-5-7(14)11(15)10(22)3-13/h7-11,13-15H,3-6H2,1-2H3/t7-,8+,9-,10-,11+,22?/m1/s1. The fourth-order valence-corrected chi connectivity index (χ4v) is 5.99. The molecule has 0 saturated carbocycles. The molecule has 2 rings (SSSR count). The van der Waals surface area contributed by atoms with E-state index in [9.17, 15) is 28.3 Å². The summed E-state index contributed by atoms with van der Waals surface area (Å²) >= 11 is 0. The molecule has 0 aromatic rings. The summed E-state index contributed by atoms with van der Waals surface area (Å²) in [7, 11) is -5.54. The molecule has 2 aliphatic rings. The van der Waals surface area contributed by atoms with Crippen molar-refractivity contribution in [3.05, 3.63) is 0 Å². The fraction of sp³-hybridized carbons (Fsp3) is 1.00. The van der Waals surface area contributed by atoms with E-state index in [1.165, 1.54) is 0 Å². The number of aliphatic hydroxyl groups excluding tert-OH is 3. The van der Waals surface area contributed by atoms with E-state index in [1.54, 1.807) is 13.8 Å². The van der Waals surface area contributed by atoms with Crippen LogP contribution in [0.15, 0.2) is 0 Å². The lowest BCUT2D eigenvalue weighted by Gasteiger charge is -2.40. The maximum atomic E-state index is 10.9. The summed E-state index contributed by atoms with van der Waals surface area (Å²) in [5.41, 5.74) is 0. The van der Waals surface area contributed by atoms with Crippen molar-refractivity contribution >= 4 is 21.3 Å². The Morgan fingerprint density at radius 1 is 1.39 bits per heavy atom. The molecule has 0 aromatic carbocycles. The summed E-state index contributed by atoms with van der Waals surface area (Å²) in [6.07, 6.45) is -3.87. The van der Waals surface area contributed by atoms with Crippen LogP contribution in [0.2, 0.25) is 0 Å². The van der Waals surface area contributed by atoms with Crippen LogP contribution in [0.25, 0.3) is 0 Å². The molecular formula is C12H22O9S2. The molecule has 3 N–H and O–H groups in total. The predicted octanol–water partition coefficient (Wildman–Crippen LogP) is -2.30.